The molecule has 3 aromatic heterocycles. The first-order valence-corrected chi connectivity index (χ1v) is 14.3. The van der Waals surface area contributed by atoms with Crippen molar-refractivity contribution in [1.29, 1.82) is 0 Å². The van der Waals surface area contributed by atoms with E-state index in [1.807, 2.05) is 22.7 Å². The average Bonchev–Trinajstić information content (AvgIpc) is 3.15. The Morgan fingerprint density at radius 1 is 1.12 bits per heavy atom. The molecule has 1 aliphatic carbocycles. The molecule has 9 heteroatoms. The maximum atomic E-state index is 12.8. The maximum absolute atomic E-state index is 12.8. The van der Waals surface area contributed by atoms with Gasteiger partial charge >= 0.3 is 6.18 Å². The lowest BCUT2D eigenvalue weighted by Crippen LogP contribution is -2.27. The number of rotatable bonds is 3. The van der Waals surface area contributed by atoms with E-state index >= 15 is 0 Å². The number of nitrogens with one attached hydrogen (secondary N) is 1. The summed E-state index contributed by atoms with van der Waals surface area (Å²) in [6.07, 6.45) is 2.22. The monoisotopic (exact) mass is 457 g/mol. The molecule has 0 aliphatic heterocycles. The summed E-state index contributed by atoms with van der Waals surface area (Å²) in [5, 5.41) is 12.1. The summed E-state index contributed by atoms with van der Waals surface area (Å²) in [4.78, 5) is 3.95. The Balaban J connectivity index is 1.47. The molecule has 0 saturated heterocycles. The predicted octanol–water partition coefficient (Wildman–Crippen LogP) is 5.51. The number of hydrogen-bond donors (Lipinski definition) is 1. The lowest BCUT2D eigenvalue weighted by atomic mass is 9.85. The molecule has 1 saturated carbocycles. The molecule has 2 atom stereocenters. The number of anilines is 1. The molecule has 32 heavy (non-hydrogen) atoms. The van der Waals surface area contributed by atoms with Crippen LogP contribution in [-0.2, 0) is 6.18 Å². The van der Waals surface area contributed by atoms with Gasteiger partial charge in [-0.25, -0.2) is 4.98 Å². The molecule has 3 heterocycles. The van der Waals surface area contributed by atoms with E-state index < -0.39 is 19.8 Å². The zero-order valence-electron chi connectivity index (χ0n) is 18.4. The Morgan fingerprint density at radius 2 is 1.94 bits per heavy atom. The van der Waals surface area contributed by atoms with Gasteiger partial charge in [0, 0.05) is 29.9 Å². The van der Waals surface area contributed by atoms with Crippen molar-refractivity contribution in [3.8, 4) is 11.5 Å². The van der Waals surface area contributed by atoms with Crippen LogP contribution in [0.15, 0.2) is 36.7 Å². The van der Waals surface area contributed by atoms with E-state index in [2.05, 4.69) is 51.6 Å². The summed E-state index contributed by atoms with van der Waals surface area (Å²) in [6, 6.07) is 6.53. The number of hydrogen-bond acceptors (Lipinski definition) is 4. The minimum atomic E-state index is -4.38. The summed E-state index contributed by atoms with van der Waals surface area (Å²) in [5.74, 6) is 4.84. The summed E-state index contributed by atoms with van der Waals surface area (Å²) in [7, 11) is -1.45. The zero-order valence-corrected chi connectivity index (χ0v) is 19.4. The highest BCUT2D eigenvalue weighted by Crippen LogP contribution is 2.34. The Labute approximate surface area is 186 Å². The van der Waals surface area contributed by atoms with Crippen LogP contribution in [0.3, 0.4) is 0 Å². The van der Waals surface area contributed by atoms with E-state index in [4.69, 9.17) is 0 Å². The van der Waals surface area contributed by atoms with E-state index in [-0.39, 0.29) is 12.0 Å². The Morgan fingerprint density at radius 3 is 2.62 bits per heavy atom. The van der Waals surface area contributed by atoms with Gasteiger partial charge in [0.05, 0.1) is 5.56 Å². The van der Waals surface area contributed by atoms with Gasteiger partial charge in [-0.3, -0.25) is 4.40 Å². The molecule has 168 valence electrons. The van der Waals surface area contributed by atoms with E-state index in [9.17, 15) is 13.2 Å². The molecule has 5 nitrogen and oxygen atoms in total. The van der Waals surface area contributed by atoms with Gasteiger partial charge in [0.2, 0.25) is 0 Å². The van der Waals surface area contributed by atoms with Gasteiger partial charge in [-0.05, 0) is 43.5 Å². The molecule has 0 bridgehead atoms. The SMILES string of the molecule is C[Si](C)(C)C#Cc1ccn2c([C@H]3CCC[C@@H](Nc4ccc(C(F)(F)F)cn4)C3)nnc2c1. The van der Waals surface area contributed by atoms with Crippen molar-refractivity contribution in [2.75, 3.05) is 5.32 Å². The zero-order chi connectivity index (χ0) is 22.9. The minimum Gasteiger partial charge on any atom is -0.367 e. The second-order valence-electron chi connectivity index (χ2n) is 9.34. The van der Waals surface area contributed by atoms with Crippen LogP contribution in [-0.4, -0.2) is 33.7 Å². The fourth-order valence-corrected chi connectivity index (χ4v) is 4.46. The number of nitrogens with zero attached hydrogens (tertiary/aromatic N) is 4. The first-order valence-electron chi connectivity index (χ1n) is 10.8. The van der Waals surface area contributed by atoms with Gasteiger partial charge in [-0.15, -0.1) is 15.7 Å². The predicted molar refractivity (Wildman–Crippen MR) is 121 cm³/mol. The van der Waals surface area contributed by atoms with Crippen molar-refractivity contribution < 1.29 is 13.2 Å². The van der Waals surface area contributed by atoms with Crippen LogP contribution in [0.25, 0.3) is 5.65 Å². The second-order valence-corrected chi connectivity index (χ2v) is 14.1. The number of alkyl halides is 3. The third-order valence-corrected chi connectivity index (χ3v) is 6.38. The molecule has 0 unspecified atom stereocenters. The lowest BCUT2D eigenvalue weighted by Gasteiger charge is -2.29. The van der Waals surface area contributed by atoms with Crippen LogP contribution >= 0.6 is 0 Å². The van der Waals surface area contributed by atoms with Crippen LogP contribution in [0.2, 0.25) is 19.6 Å². The van der Waals surface area contributed by atoms with Crippen LogP contribution in [0.1, 0.15) is 48.6 Å². The molecule has 0 radical (unpaired) electrons. The Hall–Kier alpha value is -2.86. The van der Waals surface area contributed by atoms with E-state index in [1.54, 1.807) is 0 Å². The van der Waals surface area contributed by atoms with Crippen molar-refractivity contribution in [2.45, 2.75) is 63.5 Å². The van der Waals surface area contributed by atoms with Gasteiger partial charge in [-0.2, -0.15) is 13.2 Å². The van der Waals surface area contributed by atoms with Crippen LogP contribution < -0.4 is 5.32 Å². The van der Waals surface area contributed by atoms with Crippen LogP contribution in [0, 0.1) is 11.5 Å². The number of halogens is 3. The molecule has 0 spiro atoms. The fourth-order valence-electron chi connectivity index (χ4n) is 3.94. The van der Waals surface area contributed by atoms with Crippen LogP contribution in [0.4, 0.5) is 19.0 Å². The number of aromatic nitrogens is 4. The largest absolute Gasteiger partial charge is 0.417 e. The summed E-state index contributed by atoms with van der Waals surface area (Å²) >= 11 is 0. The molecular formula is C23H26F3N5Si. The van der Waals surface area contributed by atoms with Crippen molar-refractivity contribution >= 4 is 19.5 Å². The highest BCUT2D eigenvalue weighted by molar-refractivity contribution is 6.83. The molecule has 1 aliphatic rings. The average molecular weight is 458 g/mol. The molecule has 1 N–H and O–H groups in total. The van der Waals surface area contributed by atoms with Gasteiger partial charge in [0.15, 0.2) is 5.65 Å². The van der Waals surface area contributed by atoms with Crippen molar-refractivity contribution in [2.24, 2.45) is 0 Å². The number of pyridine rings is 2. The standard InChI is InChI=1S/C23H26F3N5Si/c1-32(2,3)12-10-16-9-11-31-21(13-16)29-30-22(31)17-5-4-6-19(14-17)28-20-8-7-18(15-27-20)23(24,25)26/h7-9,11,13,15,17,19H,4-6,14H2,1-3H3,(H,27,28)/t17-,19+/m0/s1. The lowest BCUT2D eigenvalue weighted by molar-refractivity contribution is -0.137. The maximum Gasteiger partial charge on any atom is 0.417 e. The smallest absolute Gasteiger partial charge is 0.367 e. The molecule has 1 fully saturated rings. The fraction of sp³-hybridized carbons (Fsp3) is 0.435. The Bertz CT molecular complexity index is 1150. The summed E-state index contributed by atoms with van der Waals surface area (Å²) in [5.41, 5.74) is 4.35. The van der Waals surface area contributed by atoms with Crippen molar-refractivity contribution in [3.63, 3.8) is 0 Å². The molecule has 0 amide bonds. The third-order valence-electron chi connectivity index (χ3n) is 5.50. The first-order chi connectivity index (χ1) is 15.1. The highest BCUT2D eigenvalue weighted by Gasteiger charge is 2.31. The number of fused-ring (bicyclic) bond motifs is 1. The van der Waals surface area contributed by atoms with Gasteiger partial charge < -0.3 is 5.32 Å². The normalized spacial score (nSPS) is 19.4. The van der Waals surface area contributed by atoms with E-state index in [0.29, 0.717) is 5.82 Å². The van der Waals surface area contributed by atoms with Gasteiger partial charge in [0.25, 0.3) is 0 Å². The van der Waals surface area contributed by atoms with E-state index in [1.165, 1.54) is 6.07 Å². The van der Waals surface area contributed by atoms with Gasteiger partial charge in [-0.1, -0.05) is 32.0 Å². The highest BCUT2D eigenvalue weighted by atomic mass is 28.3. The van der Waals surface area contributed by atoms with Crippen molar-refractivity contribution in [1.82, 2.24) is 19.6 Å². The third kappa shape index (κ3) is 5.30. The molecular weight excluding hydrogens is 431 g/mol. The topological polar surface area (TPSA) is 55.1 Å². The molecule has 3 aromatic rings. The summed E-state index contributed by atoms with van der Waals surface area (Å²) < 4.78 is 40.3. The second kappa shape index (κ2) is 8.58. The molecule has 0 aromatic carbocycles. The quantitative estimate of drug-likeness (QED) is 0.416. The first kappa shape index (κ1) is 22.3. The van der Waals surface area contributed by atoms with Crippen molar-refractivity contribution in [3.05, 3.63) is 53.6 Å². The Kier molecular flexibility index (Phi) is 5.99. The van der Waals surface area contributed by atoms with Gasteiger partial charge in [0.1, 0.15) is 19.7 Å². The minimum absolute atomic E-state index is 0.118. The van der Waals surface area contributed by atoms with E-state index in [0.717, 1.165) is 55.0 Å². The summed E-state index contributed by atoms with van der Waals surface area (Å²) in [6.45, 7) is 6.63. The van der Waals surface area contributed by atoms with Crippen LogP contribution in [0.5, 0.6) is 0 Å². The molecule has 4 rings (SSSR count).